The van der Waals surface area contributed by atoms with Gasteiger partial charge < -0.3 is 10.2 Å². The summed E-state index contributed by atoms with van der Waals surface area (Å²) >= 11 is 0. The van der Waals surface area contributed by atoms with Gasteiger partial charge in [-0.1, -0.05) is 53.0 Å². The third kappa shape index (κ3) is 2.68. The van der Waals surface area contributed by atoms with Crippen LogP contribution in [0.3, 0.4) is 0 Å². The molecule has 0 aliphatic heterocycles. The summed E-state index contributed by atoms with van der Waals surface area (Å²) < 4.78 is 0. The molecule has 33 heavy (non-hydrogen) atoms. The molecule has 4 fully saturated rings. The van der Waals surface area contributed by atoms with Gasteiger partial charge in [0.05, 0.1) is 11.5 Å². The quantitative estimate of drug-likeness (QED) is 0.506. The molecule has 0 heterocycles. The predicted molar refractivity (Wildman–Crippen MR) is 128 cm³/mol. The molecule has 0 radical (unpaired) electrons. The van der Waals surface area contributed by atoms with Crippen LogP contribution in [0.15, 0.2) is 11.6 Å². The molecule has 10 atom stereocenters. The number of aliphatic carboxylic acids is 1. The molecular weight excluding hydrogens is 412 g/mol. The Bertz CT molecular complexity index is 923. The third-order valence-electron chi connectivity index (χ3n) is 12.6. The van der Waals surface area contributed by atoms with Crippen LogP contribution in [0.1, 0.15) is 99.3 Å². The van der Waals surface area contributed by atoms with Gasteiger partial charge >= 0.3 is 5.97 Å². The molecular formula is C29H44O4. The fraction of sp³-hybridized carbons (Fsp3) is 0.862. The second kappa shape index (κ2) is 6.95. The zero-order valence-corrected chi connectivity index (χ0v) is 21.5. The van der Waals surface area contributed by atoms with E-state index >= 15 is 0 Å². The zero-order chi connectivity index (χ0) is 24.2. The van der Waals surface area contributed by atoms with Crippen LogP contribution in [0.2, 0.25) is 0 Å². The zero-order valence-electron chi connectivity index (χ0n) is 21.5. The maximum atomic E-state index is 14.2. The lowest BCUT2D eigenvalue weighted by molar-refractivity contribution is -0.214. The number of hydrogen-bond donors (Lipinski definition) is 2. The Morgan fingerprint density at radius 3 is 2.33 bits per heavy atom. The van der Waals surface area contributed by atoms with Crippen molar-refractivity contribution in [2.45, 2.75) is 105 Å². The lowest BCUT2D eigenvalue weighted by Gasteiger charge is -2.70. The molecule has 0 saturated heterocycles. The molecule has 1 unspecified atom stereocenters. The van der Waals surface area contributed by atoms with E-state index in [0.717, 1.165) is 25.7 Å². The van der Waals surface area contributed by atoms with Gasteiger partial charge in [0.1, 0.15) is 0 Å². The van der Waals surface area contributed by atoms with Gasteiger partial charge in [0.25, 0.3) is 0 Å². The van der Waals surface area contributed by atoms with Crippen molar-refractivity contribution < 1.29 is 19.8 Å². The minimum atomic E-state index is -1.19. The van der Waals surface area contributed by atoms with Crippen molar-refractivity contribution in [3.63, 3.8) is 0 Å². The van der Waals surface area contributed by atoms with E-state index in [2.05, 4.69) is 40.7 Å². The van der Waals surface area contributed by atoms with Crippen molar-refractivity contribution in [3.05, 3.63) is 11.6 Å². The summed E-state index contributed by atoms with van der Waals surface area (Å²) in [5.41, 5.74) is -0.0658. The number of carbonyl (C=O) groups is 2. The van der Waals surface area contributed by atoms with Gasteiger partial charge in [0.2, 0.25) is 0 Å². The largest absolute Gasteiger partial charge is 0.481 e. The average molecular weight is 457 g/mol. The van der Waals surface area contributed by atoms with E-state index in [1.165, 1.54) is 31.3 Å². The van der Waals surface area contributed by atoms with E-state index in [0.29, 0.717) is 23.7 Å². The Morgan fingerprint density at radius 2 is 1.67 bits per heavy atom. The SMILES string of the molecule is C[C@H]1CCC[C@]2(C)CC[C@]3(C)C(=CC(=O)[C@@H]4C5(C)CC[C@@H](O)[C@](C)(C(=O)O)[C@@H]5CC[C@]43C)[C@H]12. The van der Waals surface area contributed by atoms with Gasteiger partial charge in [-0.3, -0.25) is 9.59 Å². The topological polar surface area (TPSA) is 74.6 Å². The lowest BCUT2D eigenvalue weighted by Crippen LogP contribution is -2.68. The molecule has 184 valence electrons. The predicted octanol–water partition coefficient (Wildman–Crippen LogP) is 6.02. The Morgan fingerprint density at radius 1 is 0.970 bits per heavy atom. The first-order valence-corrected chi connectivity index (χ1v) is 13.4. The van der Waals surface area contributed by atoms with Crippen LogP contribution in [0, 0.1) is 50.7 Å². The van der Waals surface area contributed by atoms with Gasteiger partial charge in [0.15, 0.2) is 5.78 Å². The van der Waals surface area contributed by atoms with Gasteiger partial charge in [0, 0.05) is 5.92 Å². The van der Waals surface area contributed by atoms with Crippen LogP contribution in [0.5, 0.6) is 0 Å². The molecule has 0 aromatic rings. The first-order chi connectivity index (χ1) is 15.3. The number of aliphatic hydroxyl groups is 1. The number of fused-ring (bicyclic) bond motifs is 7. The molecule has 5 aliphatic rings. The summed E-state index contributed by atoms with van der Waals surface area (Å²) in [6, 6.07) is 0. The van der Waals surface area contributed by atoms with Crippen LogP contribution in [0.4, 0.5) is 0 Å². The standard InChI is InChI=1S/C29H44O4/c1-17-8-7-11-25(2)14-15-27(4)18(22(17)25)16-19(30)23-26(3)12-10-21(31)29(6,24(32)33)20(26)9-13-28(23,27)5/h16-17,20-23,31H,7-15H2,1-6H3,(H,32,33)/t17-,20+,21+,22-,23+,25+,26?,27+,28+,29+/m0/s1. The second-order valence-electron chi connectivity index (χ2n) is 13.9. The first-order valence-electron chi connectivity index (χ1n) is 13.4. The van der Waals surface area contributed by atoms with E-state index in [4.69, 9.17) is 0 Å². The second-order valence-corrected chi connectivity index (χ2v) is 13.9. The molecule has 2 N–H and O–H groups in total. The summed E-state index contributed by atoms with van der Waals surface area (Å²) in [6.07, 6.45) is 10.2. The van der Waals surface area contributed by atoms with Crippen LogP contribution in [-0.4, -0.2) is 28.1 Å². The maximum Gasteiger partial charge on any atom is 0.312 e. The summed E-state index contributed by atoms with van der Waals surface area (Å²) in [5, 5.41) is 21.0. The number of carboxylic acids is 1. The lowest BCUT2D eigenvalue weighted by atomic mass is 9.33. The van der Waals surface area contributed by atoms with E-state index in [1.807, 2.05) is 0 Å². The highest BCUT2D eigenvalue weighted by atomic mass is 16.4. The molecule has 0 spiro atoms. The average Bonchev–Trinajstić information content (AvgIpc) is 2.72. The van der Waals surface area contributed by atoms with Crippen molar-refractivity contribution in [2.24, 2.45) is 50.7 Å². The van der Waals surface area contributed by atoms with Gasteiger partial charge in [-0.2, -0.15) is 0 Å². The Hall–Kier alpha value is -1.16. The minimum absolute atomic E-state index is 0.0228. The summed E-state index contributed by atoms with van der Waals surface area (Å²) in [5.74, 6) is 0.0542. The highest BCUT2D eigenvalue weighted by molar-refractivity contribution is 5.96. The molecule has 0 aromatic heterocycles. The molecule has 0 amide bonds. The van der Waals surface area contributed by atoms with Crippen LogP contribution < -0.4 is 0 Å². The number of allylic oxidation sites excluding steroid dienone is 2. The molecule has 5 rings (SSSR count). The van der Waals surface area contributed by atoms with E-state index in [-0.39, 0.29) is 28.4 Å². The normalized spacial score (nSPS) is 56.0. The Labute approximate surface area is 199 Å². The molecule has 4 heteroatoms. The van der Waals surface area contributed by atoms with E-state index in [9.17, 15) is 19.8 Å². The number of ketones is 1. The first kappa shape index (κ1) is 23.6. The van der Waals surface area contributed by atoms with E-state index < -0.39 is 22.9 Å². The molecule has 5 aliphatic carbocycles. The molecule has 0 aromatic carbocycles. The van der Waals surface area contributed by atoms with Gasteiger partial charge in [-0.15, -0.1) is 0 Å². The van der Waals surface area contributed by atoms with Crippen molar-refractivity contribution in [3.8, 4) is 0 Å². The van der Waals surface area contributed by atoms with Gasteiger partial charge in [-0.05, 0) is 97.4 Å². The number of carboxylic acid groups (broad SMARTS) is 1. The number of rotatable bonds is 1. The highest BCUT2D eigenvalue weighted by Crippen LogP contribution is 2.74. The van der Waals surface area contributed by atoms with Crippen LogP contribution >= 0.6 is 0 Å². The van der Waals surface area contributed by atoms with Crippen molar-refractivity contribution in [2.75, 3.05) is 0 Å². The Kier molecular flexibility index (Phi) is 4.97. The van der Waals surface area contributed by atoms with Crippen LogP contribution in [-0.2, 0) is 9.59 Å². The third-order valence-corrected chi connectivity index (χ3v) is 12.6. The van der Waals surface area contributed by atoms with E-state index in [1.54, 1.807) is 6.92 Å². The fourth-order valence-corrected chi connectivity index (χ4v) is 10.6. The maximum absolute atomic E-state index is 14.2. The summed E-state index contributed by atoms with van der Waals surface area (Å²) in [6.45, 7) is 13.6. The molecule has 4 nitrogen and oxygen atoms in total. The monoisotopic (exact) mass is 456 g/mol. The van der Waals surface area contributed by atoms with Crippen molar-refractivity contribution in [1.82, 2.24) is 0 Å². The Balaban J connectivity index is 1.65. The van der Waals surface area contributed by atoms with Gasteiger partial charge in [-0.25, -0.2) is 0 Å². The fourth-order valence-electron chi connectivity index (χ4n) is 10.6. The van der Waals surface area contributed by atoms with Crippen molar-refractivity contribution >= 4 is 11.8 Å². The number of hydrogen-bond acceptors (Lipinski definition) is 3. The molecule has 4 saturated carbocycles. The number of carbonyl (C=O) groups excluding carboxylic acids is 1. The summed E-state index contributed by atoms with van der Waals surface area (Å²) in [4.78, 5) is 26.6. The van der Waals surface area contributed by atoms with Crippen LogP contribution in [0.25, 0.3) is 0 Å². The molecule has 0 bridgehead atoms. The van der Waals surface area contributed by atoms with Crippen molar-refractivity contribution in [1.29, 1.82) is 0 Å². The highest BCUT2D eigenvalue weighted by Gasteiger charge is 2.71. The summed E-state index contributed by atoms with van der Waals surface area (Å²) in [7, 11) is 0. The number of aliphatic hydroxyl groups excluding tert-OH is 1. The minimum Gasteiger partial charge on any atom is -0.481 e. The smallest absolute Gasteiger partial charge is 0.312 e.